The van der Waals surface area contributed by atoms with Gasteiger partial charge in [-0.25, -0.2) is 0 Å². The van der Waals surface area contributed by atoms with Crippen molar-refractivity contribution in [1.82, 2.24) is 0 Å². The molecular weight excluding hydrogens is 220 g/mol. The fourth-order valence-corrected chi connectivity index (χ4v) is 0.302. The number of aliphatic hydroxyl groups excluding tert-OH is 1. The topological polar surface area (TPSA) is 75.8 Å². The number of hydrogen-bond donors (Lipinski definition) is 1. The normalized spacial score (nSPS) is 9.20. The second kappa shape index (κ2) is 8.50. The Bertz CT molecular complexity index is 162. The van der Waals surface area contributed by atoms with Gasteiger partial charge in [0.2, 0.25) is 0 Å². The average molecular weight is 229 g/mol. The van der Waals surface area contributed by atoms with Gasteiger partial charge in [-0.15, -0.1) is 0 Å². The summed E-state index contributed by atoms with van der Waals surface area (Å²) < 4.78 is 17.0. The van der Waals surface area contributed by atoms with Crippen molar-refractivity contribution in [3.63, 3.8) is 0 Å². The maximum atomic E-state index is 8.50. The molecule has 0 radical (unpaired) electrons. The number of aliphatic hydroxyl groups is 1. The van der Waals surface area contributed by atoms with Gasteiger partial charge in [-0.3, -0.25) is 4.79 Å². The quantitative estimate of drug-likeness (QED) is 0.312. The Morgan fingerprint density at radius 3 is 1.80 bits per heavy atom. The Hall–Kier alpha value is -0.502. The summed E-state index contributed by atoms with van der Waals surface area (Å²) in [6.07, 6.45) is 1.28. The molecule has 0 aliphatic heterocycles. The zero-order chi connectivity index (χ0) is 8.57. The van der Waals surface area contributed by atoms with Crippen molar-refractivity contribution in [2.75, 3.05) is 0 Å². The first-order chi connectivity index (χ1) is 4.54. The Balaban J connectivity index is 0. The van der Waals surface area contributed by atoms with Crippen LogP contribution >= 0.6 is 0 Å². The van der Waals surface area contributed by atoms with E-state index < -0.39 is 18.5 Å². The molecule has 0 aliphatic carbocycles. The van der Waals surface area contributed by atoms with Crippen LogP contribution in [0.25, 0.3) is 0 Å². The van der Waals surface area contributed by atoms with Crippen molar-refractivity contribution in [1.29, 1.82) is 0 Å². The fourth-order valence-electron chi connectivity index (χ4n) is 0.302. The Labute approximate surface area is 67.1 Å². The summed E-state index contributed by atoms with van der Waals surface area (Å²) in [4.78, 5) is 8.40. The number of rotatable bonds is 1. The number of carbonyl (C=O) groups excluding carboxylic acids is 1. The van der Waals surface area contributed by atoms with Crippen LogP contribution in [0.4, 0.5) is 0 Å². The molecule has 0 aliphatic rings. The number of allylic oxidation sites excluding steroid dienone is 2. The van der Waals surface area contributed by atoms with E-state index in [-0.39, 0.29) is 11.5 Å². The van der Waals surface area contributed by atoms with Crippen LogP contribution in [0.15, 0.2) is 11.8 Å². The third-order valence-corrected chi connectivity index (χ3v) is 0.418. The van der Waals surface area contributed by atoms with E-state index in [1.807, 2.05) is 0 Å². The standard InChI is InChI=1S/C5H8O2.Mo.2O/c1-4(6)3-5(2)7;;;/h3,6H,1-2H3;;;/p+1/b4-3-;;;. The molecule has 0 heterocycles. The van der Waals surface area contributed by atoms with E-state index >= 15 is 0 Å². The Morgan fingerprint density at radius 2 is 1.80 bits per heavy atom. The zero-order valence-corrected chi connectivity index (χ0v) is 7.70. The van der Waals surface area contributed by atoms with E-state index in [4.69, 9.17) is 16.7 Å². The number of ketones is 1. The van der Waals surface area contributed by atoms with Gasteiger partial charge in [0.15, 0.2) is 0 Å². The van der Waals surface area contributed by atoms with Crippen molar-refractivity contribution >= 4 is 5.78 Å². The third-order valence-electron chi connectivity index (χ3n) is 0.418. The average Bonchev–Trinajstić information content (AvgIpc) is 1.62. The molecule has 0 aromatic rings. The minimum atomic E-state index is -2.03. The van der Waals surface area contributed by atoms with Gasteiger partial charge < -0.3 is 5.11 Å². The van der Waals surface area contributed by atoms with Crippen LogP contribution in [0, 0.1) is 0 Å². The van der Waals surface area contributed by atoms with Gasteiger partial charge in [0, 0.05) is 0 Å². The zero-order valence-electron chi connectivity index (χ0n) is 5.70. The summed E-state index contributed by atoms with van der Waals surface area (Å²) in [5.41, 5.74) is 0. The van der Waals surface area contributed by atoms with Crippen LogP contribution in [-0.4, -0.2) is 15.7 Å². The second-order valence-electron chi connectivity index (χ2n) is 1.50. The monoisotopic (exact) mass is 231 g/mol. The van der Waals surface area contributed by atoms with Gasteiger partial charge in [-0.05, 0) is 6.92 Å². The molecule has 5 heteroatoms. The van der Waals surface area contributed by atoms with Crippen LogP contribution in [0.3, 0.4) is 0 Å². The third kappa shape index (κ3) is 25.9. The summed E-state index contributed by atoms with van der Waals surface area (Å²) in [5.74, 6) is 0.250. The summed E-state index contributed by atoms with van der Waals surface area (Å²) in [7, 11) is 0. The molecule has 0 spiro atoms. The van der Waals surface area contributed by atoms with Gasteiger partial charge in [0.1, 0.15) is 0 Å². The molecule has 58 valence electrons. The fraction of sp³-hybridized carbons (Fsp3) is 0.400. The van der Waals surface area contributed by atoms with E-state index in [1.165, 1.54) is 19.9 Å². The number of hydrogen-bond acceptors (Lipinski definition) is 3. The predicted octanol–water partition coefficient (Wildman–Crippen LogP) is 0.773. The van der Waals surface area contributed by atoms with E-state index in [0.717, 1.165) is 0 Å². The molecule has 0 amide bonds. The molecular formula is C5H9MoO4+. The first-order valence-electron chi connectivity index (χ1n) is 2.36. The molecule has 2 N–H and O–H groups in total. The Kier molecular flexibility index (Phi) is 10.4. The molecule has 0 saturated heterocycles. The van der Waals surface area contributed by atoms with E-state index in [1.54, 1.807) is 0 Å². The summed E-state index contributed by atoms with van der Waals surface area (Å²) >= 11 is -2.03. The van der Waals surface area contributed by atoms with Crippen molar-refractivity contribution in [3.05, 3.63) is 11.8 Å². The summed E-state index contributed by atoms with van der Waals surface area (Å²) in [5, 5.41) is 8.40. The van der Waals surface area contributed by atoms with Crippen LogP contribution in [-0.2, 0) is 25.3 Å². The molecule has 4 nitrogen and oxygen atoms in total. The Morgan fingerprint density at radius 1 is 1.50 bits per heavy atom. The van der Waals surface area contributed by atoms with Gasteiger partial charge in [0.25, 0.3) is 0 Å². The van der Waals surface area contributed by atoms with Gasteiger partial charge in [-0.1, -0.05) is 0 Å². The minimum absolute atomic E-state index is 0.125. The van der Waals surface area contributed by atoms with Gasteiger partial charge >= 0.3 is 31.1 Å². The van der Waals surface area contributed by atoms with Crippen molar-refractivity contribution in [3.8, 4) is 0 Å². The van der Waals surface area contributed by atoms with E-state index in [9.17, 15) is 0 Å². The SMILES string of the molecule is CC(=[OH+])/C=C(/C)O.[O]=[Mo]=[O]. The van der Waals surface area contributed by atoms with E-state index in [0.29, 0.717) is 0 Å². The molecule has 0 rings (SSSR count). The molecule has 10 heavy (non-hydrogen) atoms. The van der Waals surface area contributed by atoms with Gasteiger partial charge in [0.05, 0.1) is 18.8 Å². The maximum absolute atomic E-state index is 8.50. The van der Waals surface area contributed by atoms with Crippen LogP contribution in [0.1, 0.15) is 13.8 Å². The van der Waals surface area contributed by atoms with Crippen molar-refractivity contribution in [2.45, 2.75) is 13.8 Å². The first kappa shape index (κ1) is 12.2. The van der Waals surface area contributed by atoms with Crippen molar-refractivity contribution in [2.24, 2.45) is 0 Å². The predicted molar refractivity (Wildman–Crippen MR) is 30.4 cm³/mol. The molecule has 0 aromatic carbocycles. The summed E-state index contributed by atoms with van der Waals surface area (Å²) in [6, 6.07) is 0. The molecule has 0 fully saturated rings. The summed E-state index contributed by atoms with van der Waals surface area (Å²) in [6.45, 7) is 3.00. The van der Waals surface area contributed by atoms with E-state index in [2.05, 4.69) is 0 Å². The van der Waals surface area contributed by atoms with Crippen molar-refractivity contribution < 1.29 is 35.2 Å². The molecule has 0 unspecified atom stereocenters. The molecule has 0 atom stereocenters. The molecule has 0 aromatic heterocycles. The second-order valence-corrected chi connectivity index (χ2v) is 1.83. The van der Waals surface area contributed by atoms with Crippen LogP contribution in [0.2, 0.25) is 0 Å². The molecule has 0 bridgehead atoms. The first-order valence-corrected chi connectivity index (χ1v) is 4.00. The van der Waals surface area contributed by atoms with Crippen LogP contribution in [0.5, 0.6) is 0 Å². The van der Waals surface area contributed by atoms with Gasteiger partial charge in [-0.2, -0.15) is 0 Å². The van der Waals surface area contributed by atoms with Crippen LogP contribution < -0.4 is 0 Å². The molecule has 0 saturated carbocycles.